The summed E-state index contributed by atoms with van der Waals surface area (Å²) in [6.07, 6.45) is 3.42. The summed E-state index contributed by atoms with van der Waals surface area (Å²) in [6, 6.07) is 5.59. The lowest BCUT2D eigenvalue weighted by Gasteiger charge is -2.16. The van der Waals surface area contributed by atoms with E-state index < -0.39 is 0 Å². The molecular formula is C20H25N3O2. The normalized spacial score (nSPS) is 15.7. The number of hydrogen-bond acceptors (Lipinski definition) is 3. The minimum absolute atomic E-state index is 0.0527. The van der Waals surface area contributed by atoms with Gasteiger partial charge in [0.2, 0.25) is 5.78 Å². The van der Waals surface area contributed by atoms with Crippen molar-refractivity contribution in [2.24, 2.45) is 5.92 Å². The molecule has 0 atom stereocenters. The number of H-pyrrole nitrogens is 1. The fraction of sp³-hybridized carbons (Fsp3) is 0.400. The van der Waals surface area contributed by atoms with Crippen LogP contribution in [0.15, 0.2) is 30.0 Å². The van der Waals surface area contributed by atoms with E-state index >= 15 is 0 Å². The summed E-state index contributed by atoms with van der Waals surface area (Å²) >= 11 is 0. The molecule has 2 N–H and O–H groups in total. The molecular weight excluding hydrogens is 314 g/mol. The van der Waals surface area contributed by atoms with E-state index in [2.05, 4.69) is 24.1 Å². The van der Waals surface area contributed by atoms with Crippen LogP contribution in [0.2, 0.25) is 0 Å². The van der Waals surface area contributed by atoms with E-state index in [-0.39, 0.29) is 11.7 Å². The van der Waals surface area contributed by atoms with E-state index in [1.807, 2.05) is 37.3 Å². The number of carbonyl (C=O) groups is 2. The number of carbonyl (C=O) groups excluding carboxylic acids is 2. The molecule has 0 spiro atoms. The Hall–Kier alpha value is -2.56. The first-order valence-corrected chi connectivity index (χ1v) is 8.71. The Labute approximate surface area is 148 Å². The van der Waals surface area contributed by atoms with Crippen molar-refractivity contribution >= 4 is 22.6 Å². The van der Waals surface area contributed by atoms with Crippen molar-refractivity contribution < 1.29 is 9.59 Å². The average Bonchev–Trinajstić information content (AvgIpc) is 2.93. The highest BCUT2D eigenvalue weighted by atomic mass is 16.1. The molecule has 0 bridgehead atoms. The van der Waals surface area contributed by atoms with Gasteiger partial charge in [-0.05, 0) is 42.5 Å². The number of aryl methyl sites for hydroxylation is 1. The number of allylic oxidation sites excluding steroid dienone is 1. The largest absolute Gasteiger partial charge is 0.383 e. The Morgan fingerprint density at radius 1 is 1.32 bits per heavy atom. The Kier molecular flexibility index (Phi) is 4.66. The van der Waals surface area contributed by atoms with E-state index in [1.165, 1.54) is 0 Å². The van der Waals surface area contributed by atoms with E-state index in [4.69, 9.17) is 0 Å². The summed E-state index contributed by atoms with van der Waals surface area (Å²) in [6.45, 7) is 4.78. The van der Waals surface area contributed by atoms with Gasteiger partial charge in [0, 0.05) is 48.9 Å². The number of rotatable bonds is 4. The van der Waals surface area contributed by atoms with Crippen LogP contribution in [0.1, 0.15) is 46.7 Å². The SMILES string of the molecule is CC(C)CNC(=O)c1ccc2[nH]c3c(c2c1)CCC(=CN(C)C)C3=O. The van der Waals surface area contributed by atoms with Crippen molar-refractivity contribution in [3.63, 3.8) is 0 Å². The lowest BCUT2D eigenvalue weighted by Crippen LogP contribution is -2.27. The fourth-order valence-corrected chi connectivity index (χ4v) is 3.21. The summed E-state index contributed by atoms with van der Waals surface area (Å²) in [5.74, 6) is 0.394. The number of hydrogen-bond donors (Lipinski definition) is 2. The summed E-state index contributed by atoms with van der Waals surface area (Å²) in [5, 5.41) is 3.92. The van der Waals surface area contributed by atoms with Gasteiger partial charge in [-0.25, -0.2) is 0 Å². The molecule has 1 aromatic heterocycles. The molecule has 0 saturated carbocycles. The van der Waals surface area contributed by atoms with Crippen LogP contribution in [0.25, 0.3) is 10.9 Å². The number of ketones is 1. The molecule has 0 saturated heterocycles. The van der Waals surface area contributed by atoms with Crippen molar-refractivity contribution in [3.05, 3.63) is 46.8 Å². The van der Waals surface area contributed by atoms with Crippen LogP contribution in [-0.2, 0) is 6.42 Å². The van der Waals surface area contributed by atoms with E-state index in [0.29, 0.717) is 23.7 Å². The Morgan fingerprint density at radius 2 is 2.08 bits per heavy atom. The third-order valence-corrected chi connectivity index (χ3v) is 4.42. The van der Waals surface area contributed by atoms with Crippen LogP contribution in [0.4, 0.5) is 0 Å². The summed E-state index contributed by atoms with van der Waals surface area (Å²) in [7, 11) is 3.84. The second-order valence-corrected chi connectivity index (χ2v) is 7.29. The third kappa shape index (κ3) is 3.45. The molecule has 0 radical (unpaired) electrons. The van der Waals surface area contributed by atoms with Gasteiger partial charge >= 0.3 is 0 Å². The Morgan fingerprint density at radius 3 is 2.76 bits per heavy atom. The molecule has 5 heteroatoms. The zero-order valence-corrected chi connectivity index (χ0v) is 15.3. The van der Waals surface area contributed by atoms with Gasteiger partial charge in [-0.15, -0.1) is 0 Å². The monoisotopic (exact) mass is 339 g/mol. The molecule has 5 nitrogen and oxygen atoms in total. The zero-order chi connectivity index (χ0) is 18.1. The lowest BCUT2D eigenvalue weighted by molar-refractivity contribution is 0.0948. The molecule has 25 heavy (non-hydrogen) atoms. The van der Waals surface area contributed by atoms with Crippen LogP contribution in [0, 0.1) is 5.92 Å². The Bertz CT molecular complexity index is 859. The first-order valence-electron chi connectivity index (χ1n) is 8.71. The number of amides is 1. The quantitative estimate of drug-likeness (QED) is 0.841. The van der Waals surface area contributed by atoms with Crippen LogP contribution < -0.4 is 5.32 Å². The Balaban J connectivity index is 1.95. The van der Waals surface area contributed by atoms with E-state index in [9.17, 15) is 9.59 Å². The summed E-state index contributed by atoms with van der Waals surface area (Å²) in [4.78, 5) is 30.2. The van der Waals surface area contributed by atoms with Gasteiger partial charge in [-0.1, -0.05) is 13.8 Å². The molecule has 1 heterocycles. The zero-order valence-electron chi connectivity index (χ0n) is 15.3. The molecule has 2 aromatic rings. The van der Waals surface area contributed by atoms with Gasteiger partial charge in [-0.3, -0.25) is 9.59 Å². The summed E-state index contributed by atoms with van der Waals surface area (Å²) in [5.41, 5.74) is 4.05. The molecule has 0 aliphatic heterocycles. The highest BCUT2D eigenvalue weighted by molar-refractivity contribution is 6.13. The van der Waals surface area contributed by atoms with E-state index in [1.54, 1.807) is 6.07 Å². The maximum absolute atomic E-state index is 12.7. The van der Waals surface area contributed by atoms with Gasteiger partial charge in [0.25, 0.3) is 5.91 Å². The first kappa shape index (κ1) is 17.3. The highest BCUT2D eigenvalue weighted by Crippen LogP contribution is 2.32. The molecule has 3 rings (SSSR count). The average molecular weight is 339 g/mol. The number of nitrogens with one attached hydrogen (secondary N) is 2. The van der Waals surface area contributed by atoms with Gasteiger partial charge < -0.3 is 15.2 Å². The number of aromatic nitrogens is 1. The van der Waals surface area contributed by atoms with Gasteiger partial charge in [0.05, 0.1) is 5.69 Å². The molecule has 0 fully saturated rings. The van der Waals surface area contributed by atoms with Crippen LogP contribution in [-0.4, -0.2) is 42.2 Å². The molecule has 1 aliphatic carbocycles. The van der Waals surface area contributed by atoms with Gasteiger partial charge in [0.15, 0.2) is 0 Å². The maximum atomic E-state index is 12.7. The lowest BCUT2D eigenvalue weighted by atomic mass is 9.90. The minimum Gasteiger partial charge on any atom is -0.383 e. The fourth-order valence-electron chi connectivity index (χ4n) is 3.21. The van der Waals surface area contributed by atoms with Crippen LogP contribution in [0.3, 0.4) is 0 Å². The second-order valence-electron chi connectivity index (χ2n) is 7.29. The van der Waals surface area contributed by atoms with Crippen LogP contribution >= 0.6 is 0 Å². The predicted molar refractivity (Wildman–Crippen MR) is 99.9 cm³/mol. The highest BCUT2D eigenvalue weighted by Gasteiger charge is 2.26. The summed E-state index contributed by atoms with van der Waals surface area (Å²) < 4.78 is 0. The van der Waals surface area contributed by atoms with Crippen molar-refractivity contribution in [3.8, 4) is 0 Å². The standard InChI is InChI=1S/C20H25N3O2/c1-12(2)10-21-20(25)13-6-8-17-16(9-13)15-7-5-14(11-23(3)4)19(24)18(15)22-17/h6,8-9,11-12,22H,5,7,10H2,1-4H3,(H,21,25). The smallest absolute Gasteiger partial charge is 0.251 e. The topological polar surface area (TPSA) is 65.2 Å². The number of nitrogens with zero attached hydrogens (tertiary/aromatic N) is 1. The van der Waals surface area contributed by atoms with Crippen molar-refractivity contribution in [2.45, 2.75) is 26.7 Å². The minimum atomic E-state index is -0.0686. The number of aromatic amines is 1. The predicted octanol–water partition coefficient (Wildman–Crippen LogP) is 3.13. The molecule has 0 unspecified atom stereocenters. The second kappa shape index (κ2) is 6.75. The van der Waals surface area contributed by atoms with Gasteiger partial charge in [-0.2, -0.15) is 0 Å². The molecule has 1 aromatic carbocycles. The molecule has 1 amide bonds. The molecule has 132 valence electrons. The van der Waals surface area contributed by atoms with Crippen molar-refractivity contribution in [1.29, 1.82) is 0 Å². The first-order chi connectivity index (χ1) is 11.9. The molecule has 1 aliphatic rings. The third-order valence-electron chi connectivity index (χ3n) is 4.42. The number of benzene rings is 1. The number of Topliss-reactive ketones (excluding diaryl/α,β-unsaturated/α-hetero) is 1. The maximum Gasteiger partial charge on any atom is 0.251 e. The van der Waals surface area contributed by atoms with Crippen molar-refractivity contribution in [1.82, 2.24) is 15.2 Å². The number of fused-ring (bicyclic) bond motifs is 3. The van der Waals surface area contributed by atoms with Crippen LogP contribution in [0.5, 0.6) is 0 Å². The van der Waals surface area contributed by atoms with Gasteiger partial charge in [0.1, 0.15) is 0 Å². The van der Waals surface area contributed by atoms with Crippen molar-refractivity contribution in [2.75, 3.05) is 20.6 Å². The van der Waals surface area contributed by atoms with E-state index in [0.717, 1.165) is 34.9 Å².